The monoisotopic (exact) mass is 316 g/mol. The smallest absolute Gasteiger partial charge is 0.249 e. The molecule has 0 aromatic heterocycles. The SMILES string of the molecule is CCC1(CC)NC(=O)C(CC(C)C)N(Cc2ccccc2)C1=O. The lowest BCUT2D eigenvalue weighted by Crippen LogP contribution is -2.69. The van der Waals surface area contributed by atoms with Crippen LogP contribution >= 0.6 is 0 Å². The Hall–Kier alpha value is -1.84. The number of nitrogens with zero attached hydrogens (tertiary/aromatic N) is 1. The third-order valence-electron chi connectivity index (χ3n) is 4.81. The van der Waals surface area contributed by atoms with Gasteiger partial charge in [0.15, 0.2) is 0 Å². The first kappa shape index (κ1) is 17.5. The summed E-state index contributed by atoms with van der Waals surface area (Å²) in [4.78, 5) is 27.7. The molecule has 1 aliphatic heterocycles. The normalized spacial score (nSPS) is 20.7. The molecule has 0 spiro atoms. The van der Waals surface area contributed by atoms with Crippen LogP contribution in [0.25, 0.3) is 0 Å². The second-order valence-corrected chi connectivity index (χ2v) is 6.84. The van der Waals surface area contributed by atoms with Gasteiger partial charge in [0.05, 0.1) is 0 Å². The van der Waals surface area contributed by atoms with Gasteiger partial charge in [-0.25, -0.2) is 0 Å². The Balaban J connectivity index is 2.35. The highest BCUT2D eigenvalue weighted by Crippen LogP contribution is 2.28. The Kier molecular flexibility index (Phi) is 5.45. The van der Waals surface area contributed by atoms with Crippen LogP contribution in [-0.2, 0) is 16.1 Å². The van der Waals surface area contributed by atoms with Crippen LogP contribution in [0.1, 0.15) is 52.5 Å². The molecule has 126 valence electrons. The second kappa shape index (κ2) is 7.16. The molecule has 4 nitrogen and oxygen atoms in total. The topological polar surface area (TPSA) is 49.4 Å². The molecule has 0 aliphatic carbocycles. The molecular weight excluding hydrogens is 288 g/mol. The summed E-state index contributed by atoms with van der Waals surface area (Å²) >= 11 is 0. The average molecular weight is 316 g/mol. The lowest BCUT2D eigenvalue weighted by molar-refractivity contribution is -0.157. The minimum absolute atomic E-state index is 0.0158. The van der Waals surface area contributed by atoms with Crippen molar-refractivity contribution < 1.29 is 9.59 Å². The highest BCUT2D eigenvalue weighted by atomic mass is 16.2. The van der Waals surface area contributed by atoms with Gasteiger partial charge >= 0.3 is 0 Å². The van der Waals surface area contributed by atoms with Crippen molar-refractivity contribution in [1.82, 2.24) is 10.2 Å². The van der Waals surface area contributed by atoms with Crippen molar-refractivity contribution >= 4 is 11.8 Å². The zero-order chi connectivity index (χ0) is 17.0. The number of piperazine rings is 1. The standard InChI is InChI=1S/C19H28N2O2/c1-5-19(6-2)18(23)21(13-15-10-8-7-9-11-15)16(12-14(3)4)17(22)20-19/h7-11,14,16H,5-6,12-13H2,1-4H3,(H,20,22). The highest BCUT2D eigenvalue weighted by Gasteiger charge is 2.48. The number of benzene rings is 1. The Morgan fingerprint density at radius 2 is 1.74 bits per heavy atom. The molecule has 4 heteroatoms. The third-order valence-corrected chi connectivity index (χ3v) is 4.81. The first-order valence-electron chi connectivity index (χ1n) is 8.60. The maximum Gasteiger partial charge on any atom is 0.249 e. The number of nitrogens with one attached hydrogen (secondary N) is 1. The Labute approximate surface area is 139 Å². The number of amides is 2. The molecule has 1 atom stereocenters. The van der Waals surface area contributed by atoms with Crippen molar-refractivity contribution in [3.05, 3.63) is 35.9 Å². The molecule has 1 unspecified atom stereocenters. The minimum Gasteiger partial charge on any atom is -0.340 e. The van der Waals surface area contributed by atoms with E-state index in [0.717, 1.165) is 5.56 Å². The number of carbonyl (C=O) groups excluding carboxylic acids is 2. The maximum absolute atomic E-state index is 13.2. The summed E-state index contributed by atoms with van der Waals surface area (Å²) in [6.07, 6.45) is 1.93. The third kappa shape index (κ3) is 3.57. The van der Waals surface area contributed by atoms with Gasteiger partial charge in [-0.15, -0.1) is 0 Å². The molecule has 1 fully saturated rings. The Morgan fingerprint density at radius 3 is 2.26 bits per heavy atom. The van der Waals surface area contributed by atoms with E-state index in [9.17, 15) is 9.59 Å². The molecule has 0 saturated carbocycles. The van der Waals surface area contributed by atoms with E-state index in [-0.39, 0.29) is 17.9 Å². The van der Waals surface area contributed by atoms with Crippen molar-refractivity contribution in [2.45, 2.75) is 65.1 Å². The van der Waals surface area contributed by atoms with Gasteiger partial charge in [0, 0.05) is 6.54 Å². The molecule has 1 aliphatic rings. The molecule has 2 rings (SSSR count). The summed E-state index contributed by atoms with van der Waals surface area (Å²) in [7, 11) is 0. The van der Waals surface area contributed by atoms with Crippen molar-refractivity contribution in [2.24, 2.45) is 5.92 Å². The van der Waals surface area contributed by atoms with Crippen LogP contribution in [0.15, 0.2) is 30.3 Å². The van der Waals surface area contributed by atoms with Crippen molar-refractivity contribution in [3.63, 3.8) is 0 Å². The van der Waals surface area contributed by atoms with Crippen LogP contribution in [-0.4, -0.2) is 28.3 Å². The van der Waals surface area contributed by atoms with E-state index in [1.54, 1.807) is 4.90 Å². The number of rotatable bonds is 6. The molecule has 1 aromatic carbocycles. The van der Waals surface area contributed by atoms with Gasteiger partial charge in [-0.3, -0.25) is 9.59 Å². The molecule has 0 radical (unpaired) electrons. The fraction of sp³-hybridized carbons (Fsp3) is 0.579. The van der Waals surface area contributed by atoms with Crippen LogP contribution in [0, 0.1) is 5.92 Å². The lowest BCUT2D eigenvalue weighted by Gasteiger charge is -2.46. The summed E-state index contributed by atoms with van der Waals surface area (Å²) < 4.78 is 0. The van der Waals surface area contributed by atoms with Crippen molar-refractivity contribution in [2.75, 3.05) is 0 Å². The molecule has 0 bridgehead atoms. The summed E-state index contributed by atoms with van der Waals surface area (Å²) in [5.74, 6) is 0.391. The predicted octanol–water partition coefficient (Wildman–Crippen LogP) is 3.12. The van der Waals surface area contributed by atoms with Gasteiger partial charge in [0.25, 0.3) is 0 Å². The largest absolute Gasteiger partial charge is 0.340 e. The zero-order valence-corrected chi connectivity index (χ0v) is 14.6. The Bertz CT molecular complexity index is 550. The molecular formula is C19H28N2O2. The lowest BCUT2D eigenvalue weighted by atomic mass is 9.85. The van der Waals surface area contributed by atoms with Crippen molar-refractivity contribution in [1.29, 1.82) is 0 Å². The van der Waals surface area contributed by atoms with Crippen LogP contribution < -0.4 is 5.32 Å². The van der Waals surface area contributed by atoms with Crippen LogP contribution in [0.2, 0.25) is 0 Å². The van der Waals surface area contributed by atoms with E-state index >= 15 is 0 Å². The van der Waals surface area contributed by atoms with E-state index in [1.807, 2.05) is 44.2 Å². The number of carbonyl (C=O) groups is 2. The van der Waals surface area contributed by atoms with Crippen LogP contribution in [0.3, 0.4) is 0 Å². The van der Waals surface area contributed by atoms with E-state index in [0.29, 0.717) is 31.7 Å². The van der Waals surface area contributed by atoms with Gasteiger partial charge in [0.2, 0.25) is 11.8 Å². The minimum atomic E-state index is -0.751. The molecule has 1 heterocycles. The fourth-order valence-corrected chi connectivity index (χ4v) is 3.30. The second-order valence-electron chi connectivity index (χ2n) is 6.84. The summed E-state index contributed by atoms with van der Waals surface area (Å²) in [5, 5.41) is 3.02. The molecule has 1 N–H and O–H groups in total. The fourth-order valence-electron chi connectivity index (χ4n) is 3.30. The van der Waals surface area contributed by atoms with Crippen LogP contribution in [0.4, 0.5) is 0 Å². The molecule has 1 aromatic rings. The van der Waals surface area contributed by atoms with Crippen molar-refractivity contribution in [3.8, 4) is 0 Å². The predicted molar refractivity (Wildman–Crippen MR) is 91.7 cm³/mol. The highest BCUT2D eigenvalue weighted by molar-refractivity contribution is 5.99. The van der Waals surface area contributed by atoms with Crippen LogP contribution in [0.5, 0.6) is 0 Å². The van der Waals surface area contributed by atoms with E-state index in [2.05, 4.69) is 19.2 Å². The molecule has 2 amide bonds. The molecule has 1 saturated heterocycles. The molecule has 23 heavy (non-hydrogen) atoms. The van der Waals surface area contributed by atoms with Gasteiger partial charge < -0.3 is 10.2 Å². The van der Waals surface area contributed by atoms with Gasteiger partial charge in [-0.1, -0.05) is 58.0 Å². The first-order chi connectivity index (χ1) is 10.9. The summed E-state index contributed by atoms with van der Waals surface area (Å²) in [6.45, 7) is 8.59. The van der Waals surface area contributed by atoms with E-state index in [4.69, 9.17) is 0 Å². The Morgan fingerprint density at radius 1 is 1.13 bits per heavy atom. The quantitative estimate of drug-likeness (QED) is 0.876. The maximum atomic E-state index is 13.2. The average Bonchev–Trinajstić information content (AvgIpc) is 2.55. The van der Waals surface area contributed by atoms with Gasteiger partial charge in [-0.05, 0) is 30.7 Å². The number of hydrogen-bond donors (Lipinski definition) is 1. The summed E-state index contributed by atoms with van der Waals surface area (Å²) in [5.41, 5.74) is 0.310. The summed E-state index contributed by atoms with van der Waals surface area (Å²) in [6, 6.07) is 9.52. The van der Waals surface area contributed by atoms with Gasteiger partial charge in [-0.2, -0.15) is 0 Å². The first-order valence-corrected chi connectivity index (χ1v) is 8.60. The number of hydrogen-bond acceptors (Lipinski definition) is 2. The van der Waals surface area contributed by atoms with E-state index < -0.39 is 5.54 Å². The van der Waals surface area contributed by atoms with E-state index in [1.165, 1.54) is 0 Å². The zero-order valence-electron chi connectivity index (χ0n) is 14.6. The van der Waals surface area contributed by atoms with Gasteiger partial charge in [0.1, 0.15) is 11.6 Å².